The van der Waals surface area contributed by atoms with E-state index < -0.39 is 17.7 Å². The van der Waals surface area contributed by atoms with Crippen LogP contribution >= 0.6 is 23.2 Å². The molecule has 0 bridgehead atoms. The summed E-state index contributed by atoms with van der Waals surface area (Å²) in [5, 5.41) is 12.0. The number of likely N-dealkylation sites (tertiary alicyclic amines) is 1. The molecule has 37 heavy (non-hydrogen) atoms. The van der Waals surface area contributed by atoms with Crippen molar-refractivity contribution in [3.63, 3.8) is 0 Å². The van der Waals surface area contributed by atoms with E-state index in [0.717, 1.165) is 5.56 Å². The number of aliphatic hydroxyl groups excluding tert-OH is 1. The zero-order valence-electron chi connectivity index (χ0n) is 20.5. The Hall–Kier alpha value is -3.32. The molecule has 0 saturated carbocycles. The molecule has 3 aromatic rings. The third-order valence-corrected chi connectivity index (χ3v) is 6.99. The summed E-state index contributed by atoms with van der Waals surface area (Å²) in [7, 11) is 1.57. The molecule has 0 aliphatic carbocycles. The van der Waals surface area contributed by atoms with Crippen LogP contribution in [0.3, 0.4) is 0 Å². The van der Waals surface area contributed by atoms with Crippen molar-refractivity contribution in [2.75, 3.05) is 20.3 Å². The van der Waals surface area contributed by atoms with Crippen LogP contribution in [-0.4, -0.2) is 42.0 Å². The van der Waals surface area contributed by atoms with Gasteiger partial charge in [0.2, 0.25) is 0 Å². The number of carbonyl (C=O) groups excluding carboxylic acids is 2. The maximum Gasteiger partial charge on any atom is 0.295 e. The van der Waals surface area contributed by atoms with Gasteiger partial charge in [-0.25, -0.2) is 0 Å². The summed E-state index contributed by atoms with van der Waals surface area (Å²) in [6, 6.07) is 19.1. The van der Waals surface area contributed by atoms with Gasteiger partial charge in [-0.2, -0.15) is 0 Å². The summed E-state index contributed by atoms with van der Waals surface area (Å²) in [5.41, 5.74) is 2.74. The summed E-state index contributed by atoms with van der Waals surface area (Å²) in [5.74, 6) is -1.07. The fraction of sp³-hybridized carbons (Fsp3) is 0.241. The monoisotopic (exact) mass is 539 g/mol. The molecule has 1 N–H and O–H groups in total. The van der Waals surface area contributed by atoms with E-state index in [1.54, 1.807) is 43.5 Å². The van der Waals surface area contributed by atoms with Gasteiger partial charge < -0.3 is 19.5 Å². The number of aryl methyl sites for hydroxylation is 1. The van der Waals surface area contributed by atoms with E-state index in [9.17, 15) is 14.7 Å². The Morgan fingerprint density at radius 1 is 1.00 bits per heavy atom. The van der Waals surface area contributed by atoms with Crippen molar-refractivity contribution >= 4 is 40.7 Å². The number of amides is 1. The highest BCUT2D eigenvalue weighted by Crippen LogP contribution is 2.41. The number of ether oxygens (including phenoxy) is 2. The Morgan fingerprint density at radius 2 is 1.76 bits per heavy atom. The van der Waals surface area contributed by atoms with E-state index in [4.69, 9.17) is 32.7 Å². The highest BCUT2D eigenvalue weighted by molar-refractivity contribution is 6.47. The number of nitrogens with zero attached hydrogens (tertiary/aromatic N) is 1. The summed E-state index contributed by atoms with van der Waals surface area (Å²) in [4.78, 5) is 27.7. The van der Waals surface area contributed by atoms with Gasteiger partial charge in [0, 0.05) is 25.8 Å². The lowest BCUT2D eigenvalue weighted by Gasteiger charge is -2.25. The summed E-state index contributed by atoms with van der Waals surface area (Å²) in [6.45, 7) is 2.90. The lowest BCUT2D eigenvalue weighted by atomic mass is 9.94. The van der Waals surface area contributed by atoms with Crippen LogP contribution in [0.2, 0.25) is 10.0 Å². The molecule has 0 spiro atoms. The summed E-state index contributed by atoms with van der Waals surface area (Å²) < 4.78 is 11.0. The molecule has 1 aliphatic heterocycles. The van der Waals surface area contributed by atoms with Gasteiger partial charge in [-0.3, -0.25) is 9.59 Å². The summed E-state index contributed by atoms with van der Waals surface area (Å²) in [6.07, 6.45) is 0.522. The standard InChI is InChI=1S/C29H27Cl2NO5/c1-18-15-21(37-17-19-7-4-3-5-8-19)10-11-22(18)27(33)25-26(20-9-12-23(30)24(31)16-20)32(13-6-14-36-2)29(35)28(25)34/h3-5,7-12,15-16,26,33H,6,13-14,17H2,1-2H3/b27-25+/t26-/m0/s1. The average Bonchev–Trinajstić information content (AvgIpc) is 3.14. The van der Waals surface area contributed by atoms with Gasteiger partial charge in [0.05, 0.1) is 21.7 Å². The molecule has 1 saturated heterocycles. The SMILES string of the molecule is COCCCN1C(=O)C(=O)/C(=C(/O)c2ccc(OCc3ccccc3)cc2C)[C@@H]1c1ccc(Cl)c(Cl)c1. The number of halogens is 2. The maximum atomic E-state index is 13.2. The van der Waals surface area contributed by atoms with Gasteiger partial charge in [0.1, 0.15) is 18.1 Å². The van der Waals surface area contributed by atoms with Crippen LogP contribution in [0.15, 0.2) is 72.3 Å². The second kappa shape index (κ2) is 11.8. The summed E-state index contributed by atoms with van der Waals surface area (Å²) >= 11 is 12.4. The third kappa shape index (κ3) is 5.82. The number of benzene rings is 3. The molecule has 0 aromatic heterocycles. The first-order valence-electron chi connectivity index (χ1n) is 11.8. The van der Waals surface area contributed by atoms with Crippen LogP contribution in [0.1, 0.15) is 34.7 Å². The molecule has 1 aliphatic rings. The fourth-order valence-electron chi connectivity index (χ4n) is 4.40. The van der Waals surface area contributed by atoms with Gasteiger partial charge in [0.25, 0.3) is 11.7 Å². The first-order valence-corrected chi connectivity index (χ1v) is 12.6. The third-order valence-electron chi connectivity index (χ3n) is 6.25. The first-order chi connectivity index (χ1) is 17.8. The number of hydrogen-bond acceptors (Lipinski definition) is 5. The van der Waals surface area contributed by atoms with Crippen molar-refractivity contribution in [2.45, 2.75) is 26.0 Å². The Kier molecular flexibility index (Phi) is 8.54. The van der Waals surface area contributed by atoms with Crippen LogP contribution in [0.25, 0.3) is 5.76 Å². The number of carbonyl (C=O) groups is 2. The van der Waals surface area contributed by atoms with Crippen LogP contribution in [0.5, 0.6) is 5.75 Å². The number of rotatable bonds is 9. The number of ketones is 1. The van der Waals surface area contributed by atoms with Gasteiger partial charge in [-0.05, 0) is 60.4 Å². The van der Waals surface area contributed by atoms with Crippen molar-refractivity contribution in [1.82, 2.24) is 4.90 Å². The number of Topliss-reactive ketones (excluding diaryl/α,β-unsaturated/α-hetero) is 1. The zero-order valence-corrected chi connectivity index (χ0v) is 22.1. The molecule has 0 radical (unpaired) electrons. The predicted molar refractivity (Wildman–Crippen MR) is 144 cm³/mol. The molecule has 0 unspecified atom stereocenters. The minimum atomic E-state index is -0.819. The number of methoxy groups -OCH3 is 1. The minimum Gasteiger partial charge on any atom is -0.507 e. The lowest BCUT2D eigenvalue weighted by molar-refractivity contribution is -0.140. The lowest BCUT2D eigenvalue weighted by Crippen LogP contribution is -2.31. The molecule has 192 valence electrons. The van der Waals surface area contributed by atoms with Crippen molar-refractivity contribution in [2.24, 2.45) is 0 Å². The molecule has 8 heteroatoms. The topological polar surface area (TPSA) is 76.1 Å². The Morgan fingerprint density at radius 3 is 2.43 bits per heavy atom. The van der Waals surface area contributed by atoms with Crippen molar-refractivity contribution in [3.8, 4) is 5.75 Å². The van der Waals surface area contributed by atoms with Gasteiger partial charge >= 0.3 is 0 Å². The fourth-order valence-corrected chi connectivity index (χ4v) is 4.70. The largest absolute Gasteiger partial charge is 0.507 e. The highest BCUT2D eigenvalue weighted by Gasteiger charge is 2.46. The van der Waals surface area contributed by atoms with Crippen molar-refractivity contribution < 1.29 is 24.2 Å². The van der Waals surface area contributed by atoms with Crippen molar-refractivity contribution in [3.05, 3.63) is 105 Å². The van der Waals surface area contributed by atoms with E-state index in [2.05, 4.69) is 0 Å². The number of aliphatic hydroxyl groups is 1. The molecule has 3 aromatic carbocycles. The highest BCUT2D eigenvalue weighted by atomic mass is 35.5. The van der Waals surface area contributed by atoms with Crippen LogP contribution < -0.4 is 4.74 Å². The van der Waals surface area contributed by atoms with E-state index in [1.807, 2.05) is 37.3 Å². The smallest absolute Gasteiger partial charge is 0.295 e. The zero-order chi connectivity index (χ0) is 26.5. The van der Waals surface area contributed by atoms with E-state index in [-0.39, 0.29) is 22.9 Å². The second-order valence-electron chi connectivity index (χ2n) is 8.76. The molecule has 1 heterocycles. The molecular formula is C29H27Cl2NO5. The molecule has 4 rings (SSSR count). The van der Waals surface area contributed by atoms with Gasteiger partial charge in [0.15, 0.2) is 0 Å². The van der Waals surface area contributed by atoms with Crippen LogP contribution in [-0.2, 0) is 20.9 Å². The molecule has 1 fully saturated rings. The van der Waals surface area contributed by atoms with E-state index >= 15 is 0 Å². The Labute approximate surface area is 226 Å². The van der Waals surface area contributed by atoms with E-state index in [1.165, 1.54) is 4.90 Å². The number of hydrogen-bond donors (Lipinski definition) is 1. The van der Waals surface area contributed by atoms with Crippen LogP contribution in [0.4, 0.5) is 0 Å². The normalized spacial score (nSPS) is 16.9. The predicted octanol–water partition coefficient (Wildman–Crippen LogP) is 6.34. The Balaban J connectivity index is 1.71. The minimum absolute atomic E-state index is 0.00172. The maximum absolute atomic E-state index is 13.2. The van der Waals surface area contributed by atoms with Gasteiger partial charge in [-0.15, -0.1) is 0 Å². The van der Waals surface area contributed by atoms with Crippen LogP contribution in [0, 0.1) is 6.92 Å². The molecular weight excluding hydrogens is 513 g/mol. The second-order valence-corrected chi connectivity index (χ2v) is 9.58. The Bertz CT molecular complexity index is 1340. The molecule has 6 nitrogen and oxygen atoms in total. The van der Waals surface area contributed by atoms with E-state index in [0.29, 0.717) is 47.1 Å². The first kappa shape index (κ1) is 26.7. The molecule has 1 amide bonds. The average molecular weight is 540 g/mol. The van der Waals surface area contributed by atoms with Gasteiger partial charge in [-0.1, -0.05) is 59.6 Å². The molecule has 1 atom stereocenters. The quantitative estimate of drug-likeness (QED) is 0.148. The van der Waals surface area contributed by atoms with Crippen molar-refractivity contribution in [1.29, 1.82) is 0 Å².